The highest BCUT2D eigenvalue weighted by atomic mass is 16.5. The zero-order chi connectivity index (χ0) is 14.0. The second-order valence-corrected chi connectivity index (χ2v) is 5.03. The highest BCUT2D eigenvalue weighted by Crippen LogP contribution is 2.24. The Morgan fingerprint density at radius 1 is 1.05 bits per heavy atom. The molecule has 7 nitrogen and oxygen atoms in total. The Kier molecular flexibility index (Phi) is 4.04. The molecule has 2 aliphatic rings. The van der Waals surface area contributed by atoms with Crippen molar-refractivity contribution in [1.29, 1.82) is 0 Å². The lowest BCUT2D eigenvalue weighted by molar-refractivity contribution is -0.155. The van der Waals surface area contributed by atoms with Crippen molar-refractivity contribution in [1.82, 2.24) is 4.90 Å². The number of aliphatic carboxylic acids is 1. The van der Waals surface area contributed by atoms with E-state index >= 15 is 0 Å². The van der Waals surface area contributed by atoms with Crippen molar-refractivity contribution in [3.05, 3.63) is 0 Å². The molecule has 0 aromatic rings. The summed E-state index contributed by atoms with van der Waals surface area (Å²) < 4.78 is 5.23. The summed E-state index contributed by atoms with van der Waals surface area (Å²) >= 11 is 0. The average molecular weight is 270 g/mol. The number of ether oxygens (including phenoxy) is 1. The van der Waals surface area contributed by atoms with Gasteiger partial charge in [0, 0.05) is 19.0 Å². The number of nitrogens with zero attached hydrogens (tertiary/aromatic N) is 1. The molecule has 2 saturated heterocycles. The normalized spacial score (nSPS) is 28.3. The minimum atomic E-state index is -1.03. The van der Waals surface area contributed by atoms with Crippen LogP contribution in [0.25, 0.3) is 0 Å². The molecule has 2 rings (SSSR count). The lowest BCUT2D eigenvalue weighted by atomic mass is 9.96. The fraction of sp³-hybridized carbons (Fsp3) is 0.750. The van der Waals surface area contributed by atoms with Crippen LogP contribution in [0.3, 0.4) is 0 Å². The molecule has 2 heterocycles. The van der Waals surface area contributed by atoms with Gasteiger partial charge in [-0.2, -0.15) is 0 Å². The Morgan fingerprint density at radius 2 is 1.63 bits per heavy atom. The van der Waals surface area contributed by atoms with Gasteiger partial charge >= 0.3 is 5.97 Å². The summed E-state index contributed by atoms with van der Waals surface area (Å²) in [5.74, 6) is -1.69. The summed E-state index contributed by atoms with van der Waals surface area (Å²) in [5.41, 5.74) is 5.23. The summed E-state index contributed by atoms with van der Waals surface area (Å²) in [6, 6.07) is 0. The van der Waals surface area contributed by atoms with E-state index in [9.17, 15) is 14.4 Å². The van der Waals surface area contributed by atoms with Gasteiger partial charge in [-0.05, 0) is 25.7 Å². The smallest absolute Gasteiger partial charge is 0.332 e. The largest absolute Gasteiger partial charge is 0.479 e. The fourth-order valence-electron chi connectivity index (χ4n) is 2.59. The Hall–Kier alpha value is -1.63. The third-order valence-corrected chi connectivity index (χ3v) is 3.78. The zero-order valence-corrected chi connectivity index (χ0v) is 10.6. The summed E-state index contributed by atoms with van der Waals surface area (Å²) in [5, 5.41) is 8.82. The van der Waals surface area contributed by atoms with Crippen molar-refractivity contribution in [3.8, 4) is 0 Å². The van der Waals surface area contributed by atoms with Gasteiger partial charge in [-0.3, -0.25) is 9.59 Å². The number of carbonyl (C=O) groups excluding carboxylic acids is 2. The molecule has 7 heteroatoms. The van der Waals surface area contributed by atoms with E-state index in [4.69, 9.17) is 15.6 Å². The number of nitrogens with two attached hydrogens (primary N) is 1. The topological polar surface area (TPSA) is 110 Å². The maximum Gasteiger partial charge on any atom is 0.332 e. The molecule has 3 N–H and O–H groups in total. The summed E-state index contributed by atoms with van der Waals surface area (Å²) in [4.78, 5) is 35.6. The molecule has 0 aromatic heterocycles. The highest BCUT2D eigenvalue weighted by Gasteiger charge is 2.38. The molecule has 2 aliphatic heterocycles. The van der Waals surface area contributed by atoms with Crippen molar-refractivity contribution in [2.24, 2.45) is 11.7 Å². The molecule has 106 valence electrons. The van der Waals surface area contributed by atoms with Crippen LogP contribution in [0.5, 0.6) is 0 Å². The maximum absolute atomic E-state index is 12.1. The van der Waals surface area contributed by atoms with E-state index in [1.165, 1.54) is 0 Å². The lowest BCUT2D eigenvalue weighted by Gasteiger charge is -2.32. The standard InChI is InChI=1S/C12H18N2O5/c13-10(15)7-3-5-14(6-4-7)11(16)8-1-2-9(19-8)12(17)18/h7-9H,1-6H2,(H2,13,15)(H,17,18)/t8-,9+/m0/s1. The quantitative estimate of drug-likeness (QED) is 0.707. The van der Waals surface area contributed by atoms with Gasteiger partial charge in [0.15, 0.2) is 6.10 Å². The first-order valence-electron chi connectivity index (χ1n) is 6.45. The number of piperidine rings is 1. The Bertz CT molecular complexity index is 390. The van der Waals surface area contributed by atoms with E-state index in [1.54, 1.807) is 4.90 Å². The zero-order valence-electron chi connectivity index (χ0n) is 10.6. The number of primary amides is 1. The molecular formula is C12H18N2O5. The third kappa shape index (κ3) is 3.04. The number of hydrogen-bond acceptors (Lipinski definition) is 4. The first-order valence-corrected chi connectivity index (χ1v) is 6.45. The van der Waals surface area contributed by atoms with Gasteiger partial charge in [0.25, 0.3) is 5.91 Å². The molecule has 2 fully saturated rings. The van der Waals surface area contributed by atoms with Crippen molar-refractivity contribution in [2.45, 2.75) is 37.9 Å². The van der Waals surface area contributed by atoms with E-state index in [1.807, 2.05) is 0 Å². The second kappa shape index (κ2) is 5.56. The summed E-state index contributed by atoms with van der Waals surface area (Å²) in [6.45, 7) is 0.952. The van der Waals surface area contributed by atoms with Crippen LogP contribution in [-0.2, 0) is 19.1 Å². The molecule has 19 heavy (non-hydrogen) atoms. The van der Waals surface area contributed by atoms with Crippen LogP contribution in [0, 0.1) is 5.92 Å². The number of carbonyl (C=O) groups is 3. The van der Waals surface area contributed by atoms with E-state index in [0.29, 0.717) is 38.8 Å². The molecule has 0 bridgehead atoms. The van der Waals surface area contributed by atoms with Gasteiger partial charge in [-0.1, -0.05) is 0 Å². The Morgan fingerprint density at radius 3 is 2.11 bits per heavy atom. The minimum Gasteiger partial charge on any atom is -0.479 e. The first-order chi connectivity index (χ1) is 8.99. The van der Waals surface area contributed by atoms with E-state index < -0.39 is 18.2 Å². The maximum atomic E-state index is 12.1. The van der Waals surface area contributed by atoms with Crippen LogP contribution in [0.15, 0.2) is 0 Å². The van der Waals surface area contributed by atoms with Gasteiger partial charge in [-0.15, -0.1) is 0 Å². The molecule has 0 unspecified atom stereocenters. The molecular weight excluding hydrogens is 252 g/mol. The number of rotatable bonds is 3. The lowest BCUT2D eigenvalue weighted by Crippen LogP contribution is -2.46. The number of carboxylic acid groups (broad SMARTS) is 1. The molecule has 0 spiro atoms. The van der Waals surface area contributed by atoms with Gasteiger partial charge in [0.05, 0.1) is 0 Å². The predicted molar refractivity (Wildman–Crippen MR) is 64.0 cm³/mol. The SMILES string of the molecule is NC(=O)C1CCN(C(=O)[C@@H]2CC[C@H](C(=O)O)O2)CC1. The van der Waals surface area contributed by atoms with Crippen LogP contribution in [0.4, 0.5) is 0 Å². The summed E-state index contributed by atoms with van der Waals surface area (Å²) in [6.07, 6.45) is 0.393. The fourth-order valence-corrected chi connectivity index (χ4v) is 2.59. The van der Waals surface area contributed by atoms with Crippen molar-refractivity contribution < 1.29 is 24.2 Å². The van der Waals surface area contributed by atoms with Crippen molar-refractivity contribution in [2.75, 3.05) is 13.1 Å². The van der Waals surface area contributed by atoms with E-state index in [0.717, 1.165) is 0 Å². The minimum absolute atomic E-state index is 0.166. The predicted octanol–water partition coefficient (Wildman–Crippen LogP) is -0.657. The van der Waals surface area contributed by atoms with Crippen LogP contribution in [0.1, 0.15) is 25.7 Å². The van der Waals surface area contributed by atoms with Crippen LogP contribution >= 0.6 is 0 Å². The van der Waals surface area contributed by atoms with E-state index in [2.05, 4.69) is 0 Å². The number of likely N-dealkylation sites (tertiary alicyclic amines) is 1. The highest BCUT2D eigenvalue weighted by molar-refractivity contribution is 5.83. The first kappa shape index (κ1) is 13.8. The molecule has 2 amide bonds. The van der Waals surface area contributed by atoms with Gasteiger partial charge in [0.2, 0.25) is 5.91 Å². The molecule has 0 radical (unpaired) electrons. The number of amides is 2. The van der Waals surface area contributed by atoms with Crippen molar-refractivity contribution in [3.63, 3.8) is 0 Å². The molecule has 0 saturated carbocycles. The van der Waals surface area contributed by atoms with Gasteiger partial charge < -0.3 is 20.5 Å². The third-order valence-electron chi connectivity index (χ3n) is 3.78. The molecule has 0 aromatic carbocycles. The van der Waals surface area contributed by atoms with Crippen LogP contribution in [-0.4, -0.2) is 53.1 Å². The second-order valence-electron chi connectivity index (χ2n) is 5.03. The van der Waals surface area contributed by atoms with Crippen LogP contribution < -0.4 is 5.73 Å². The van der Waals surface area contributed by atoms with Gasteiger partial charge in [-0.25, -0.2) is 4.79 Å². The monoisotopic (exact) mass is 270 g/mol. The molecule has 0 aliphatic carbocycles. The van der Waals surface area contributed by atoms with Gasteiger partial charge in [0.1, 0.15) is 6.10 Å². The van der Waals surface area contributed by atoms with E-state index in [-0.39, 0.29) is 17.7 Å². The van der Waals surface area contributed by atoms with Crippen LogP contribution in [0.2, 0.25) is 0 Å². The Balaban J connectivity index is 1.85. The average Bonchev–Trinajstić information content (AvgIpc) is 2.87. The van der Waals surface area contributed by atoms with Crippen molar-refractivity contribution >= 4 is 17.8 Å². The Labute approximate surface area is 110 Å². The molecule has 2 atom stereocenters. The number of carboxylic acids is 1. The number of hydrogen-bond donors (Lipinski definition) is 2. The summed E-state index contributed by atoms with van der Waals surface area (Å²) in [7, 11) is 0.